The summed E-state index contributed by atoms with van der Waals surface area (Å²) in [6, 6.07) is 0. The van der Waals surface area contributed by atoms with Gasteiger partial charge in [0.25, 0.3) is 0 Å². The monoisotopic (exact) mass is 254 g/mol. The molecular weight excluding hydrogens is 228 g/mol. The molecule has 3 heteroatoms. The minimum absolute atomic E-state index is 0.251. The second-order valence-corrected chi connectivity index (χ2v) is 7.03. The highest BCUT2D eigenvalue weighted by molar-refractivity contribution is 5.06. The predicted octanol–water partition coefficient (Wildman–Crippen LogP) is 2.72. The van der Waals surface area contributed by atoms with Crippen molar-refractivity contribution in [2.45, 2.75) is 58.2 Å². The number of aliphatic hydroxyl groups excluding tert-OH is 1. The molecule has 0 bridgehead atoms. The second-order valence-electron chi connectivity index (χ2n) is 7.03. The average molecular weight is 254 g/mol. The lowest BCUT2D eigenvalue weighted by atomic mass is 9.47. The Morgan fingerprint density at radius 3 is 2.50 bits per heavy atom. The summed E-state index contributed by atoms with van der Waals surface area (Å²) in [6.07, 6.45) is 6.77. The molecule has 1 saturated heterocycles. The van der Waals surface area contributed by atoms with Gasteiger partial charge in [-0.25, -0.2) is 0 Å². The second kappa shape index (κ2) is 4.19. The maximum atomic E-state index is 9.70. The topological polar surface area (TPSA) is 38.7 Å². The van der Waals surface area contributed by atoms with Crippen LogP contribution in [-0.4, -0.2) is 30.7 Å². The first kappa shape index (κ1) is 12.9. The smallest absolute Gasteiger partial charge is 0.169 e. The molecule has 18 heavy (non-hydrogen) atoms. The summed E-state index contributed by atoms with van der Waals surface area (Å²) in [5.41, 5.74) is 0.502. The highest BCUT2D eigenvalue weighted by Crippen LogP contribution is 2.63. The Morgan fingerprint density at radius 1 is 1.11 bits per heavy atom. The molecular formula is C15H26O3. The van der Waals surface area contributed by atoms with Crippen molar-refractivity contribution in [3.8, 4) is 0 Å². The van der Waals surface area contributed by atoms with Crippen LogP contribution in [0.3, 0.4) is 0 Å². The number of hydrogen-bond donors (Lipinski definition) is 1. The van der Waals surface area contributed by atoms with E-state index in [0.717, 1.165) is 32.5 Å². The van der Waals surface area contributed by atoms with Gasteiger partial charge in [-0.1, -0.05) is 20.3 Å². The zero-order chi connectivity index (χ0) is 12.9. The van der Waals surface area contributed by atoms with E-state index in [0.29, 0.717) is 12.5 Å². The van der Waals surface area contributed by atoms with Gasteiger partial charge in [-0.3, -0.25) is 0 Å². The summed E-state index contributed by atoms with van der Waals surface area (Å²) in [7, 11) is 0. The molecule has 1 spiro atoms. The van der Waals surface area contributed by atoms with Crippen LogP contribution in [0.25, 0.3) is 0 Å². The minimum atomic E-state index is -0.300. The van der Waals surface area contributed by atoms with Crippen molar-refractivity contribution in [1.29, 1.82) is 0 Å². The van der Waals surface area contributed by atoms with Crippen LogP contribution in [0.5, 0.6) is 0 Å². The van der Waals surface area contributed by atoms with E-state index in [1.54, 1.807) is 0 Å². The molecule has 0 aromatic rings. The fraction of sp³-hybridized carbons (Fsp3) is 1.00. The Kier molecular flexibility index (Phi) is 3.00. The van der Waals surface area contributed by atoms with Crippen molar-refractivity contribution >= 4 is 0 Å². The third-order valence-corrected chi connectivity index (χ3v) is 6.28. The Hall–Kier alpha value is -0.120. The fourth-order valence-electron chi connectivity index (χ4n) is 4.80. The average Bonchev–Trinajstić information content (AvgIpc) is 2.78. The van der Waals surface area contributed by atoms with Gasteiger partial charge in [0.05, 0.1) is 13.2 Å². The minimum Gasteiger partial charge on any atom is -0.396 e. The van der Waals surface area contributed by atoms with E-state index in [2.05, 4.69) is 13.8 Å². The van der Waals surface area contributed by atoms with Gasteiger partial charge < -0.3 is 14.6 Å². The highest BCUT2D eigenvalue weighted by atomic mass is 16.7. The molecule has 0 amide bonds. The van der Waals surface area contributed by atoms with Crippen molar-refractivity contribution in [2.75, 3.05) is 19.8 Å². The number of aliphatic hydroxyl groups is 1. The lowest BCUT2D eigenvalue weighted by molar-refractivity contribution is -0.245. The third-order valence-electron chi connectivity index (χ3n) is 6.28. The van der Waals surface area contributed by atoms with Crippen molar-refractivity contribution in [3.05, 3.63) is 0 Å². The van der Waals surface area contributed by atoms with Gasteiger partial charge in [-0.2, -0.15) is 0 Å². The number of rotatable bonds is 1. The molecule has 3 atom stereocenters. The van der Waals surface area contributed by atoms with E-state index in [4.69, 9.17) is 9.47 Å². The standard InChI is InChI=1S/C15H26O3/c1-13-5-3-4-12(10-16)14(13,2)6-7-15(11-13)17-8-9-18-15/h12,16H,3-11H2,1-2H3/t12-,13-,14-/m0/s1. The van der Waals surface area contributed by atoms with E-state index in [9.17, 15) is 5.11 Å². The summed E-state index contributed by atoms with van der Waals surface area (Å²) < 4.78 is 11.8. The first-order valence-electron chi connectivity index (χ1n) is 7.42. The van der Waals surface area contributed by atoms with Gasteiger partial charge in [0.1, 0.15) is 0 Å². The summed E-state index contributed by atoms with van der Waals surface area (Å²) in [6.45, 7) is 6.60. The van der Waals surface area contributed by atoms with Crippen LogP contribution >= 0.6 is 0 Å². The summed E-state index contributed by atoms with van der Waals surface area (Å²) in [4.78, 5) is 0. The Labute approximate surface area is 110 Å². The maximum absolute atomic E-state index is 9.70. The quantitative estimate of drug-likeness (QED) is 0.782. The SMILES string of the molecule is C[C@@]12CCC[C@@H](CO)[C@]1(C)CCC1(C2)OCCO1. The largest absolute Gasteiger partial charge is 0.396 e. The molecule has 104 valence electrons. The predicted molar refractivity (Wildman–Crippen MR) is 69.1 cm³/mol. The molecule has 0 unspecified atom stereocenters. The number of ether oxygens (including phenoxy) is 2. The van der Waals surface area contributed by atoms with Gasteiger partial charge >= 0.3 is 0 Å². The first-order valence-corrected chi connectivity index (χ1v) is 7.42. The van der Waals surface area contributed by atoms with Crippen LogP contribution in [0.15, 0.2) is 0 Å². The van der Waals surface area contributed by atoms with Crippen molar-refractivity contribution in [2.24, 2.45) is 16.7 Å². The van der Waals surface area contributed by atoms with Gasteiger partial charge in [0, 0.05) is 19.4 Å². The van der Waals surface area contributed by atoms with Gasteiger partial charge in [0.2, 0.25) is 0 Å². The lowest BCUT2D eigenvalue weighted by Gasteiger charge is -2.60. The molecule has 3 nitrogen and oxygen atoms in total. The van der Waals surface area contributed by atoms with E-state index in [-0.39, 0.29) is 16.6 Å². The fourth-order valence-corrected chi connectivity index (χ4v) is 4.80. The van der Waals surface area contributed by atoms with Crippen LogP contribution < -0.4 is 0 Å². The molecule has 3 fully saturated rings. The Balaban J connectivity index is 1.88. The molecule has 1 heterocycles. The summed E-state index contributed by atoms with van der Waals surface area (Å²) in [5, 5.41) is 9.70. The molecule has 3 rings (SSSR count). The van der Waals surface area contributed by atoms with E-state index < -0.39 is 0 Å². The van der Waals surface area contributed by atoms with Crippen molar-refractivity contribution in [3.63, 3.8) is 0 Å². The normalized spacial score (nSPS) is 47.2. The zero-order valence-corrected chi connectivity index (χ0v) is 11.7. The molecule has 3 aliphatic rings. The van der Waals surface area contributed by atoms with Crippen molar-refractivity contribution in [1.82, 2.24) is 0 Å². The van der Waals surface area contributed by atoms with Gasteiger partial charge in [0.15, 0.2) is 5.79 Å². The zero-order valence-electron chi connectivity index (χ0n) is 11.7. The molecule has 2 aliphatic carbocycles. The molecule has 2 saturated carbocycles. The van der Waals surface area contributed by atoms with Crippen molar-refractivity contribution < 1.29 is 14.6 Å². The van der Waals surface area contributed by atoms with Gasteiger partial charge in [-0.15, -0.1) is 0 Å². The molecule has 0 radical (unpaired) electrons. The summed E-state index contributed by atoms with van der Waals surface area (Å²) in [5.74, 6) is 0.154. The Morgan fingerprint density at radius 2 is 1.83 bits per heavy atom. The third kappa shape index (κ3) is 1.67. The van der Waals surface area contributed by atoms with Crippen LogP contribution in [0.2, 0.25) is 0 Å². The van der Waals surface area contributed by atoms with Gasteiger partial charge in [-0.05, 0) is 36.0 Å². The maximum Gasteiger partial charge on any atom is 0.169 e. The van der Waals surface area contributed by atoms with Crippen LogP contribution in [0, 0.1) is 16.7 Å². The lowest BCUT2D eigenvalue weighted by Crippen LogP contribution is -2.56. The molecule has 1 N–H and O–H groups in total. The molecule has 0 aromatic carbocycles. The van der Waals surface area contributed by atoms with Crippen LogP contribution in [-0.2, 0) is 9.47 Å². The van der Waals surface area contributed by atoms with E-state index in [1.165, 1.54) is 19.3 Å². The van der Waals surface area contributed by atoms with E-state index >= 15 is 0 Å². The molecule has 0 aromatic heterocycles. The molecule has 1 aliphatic heterocycles. The highest BCUT2D eigenvalue weighted by Gasteiger charge is 2.59. The van der Waals surface area contributed by atoms with Crippen LogP contribution in [0.1, 0.15) is 52.4 Å². The number of fused-ring (bicyclic) bond motifs is 1. The number of hydrogen-bond acceptors (Lipinski definition) is 3. The first-order chi connectivity index (χ1) is 8.54. The Bertz CT molecular complexity index is 324. The van der Waals surface area contributed by atoms with Crippen LogP contribution in [0.4, 0.5) is 0 Å². The summed E-state index contributed by atoms with van der Waals surface area (Å²) >= 11 is 0. The van der Waals surface area contributed by atoms with E-state index in [1.807, 2.05) is 0 Å².